The summed E-state index contributed by atoms with van der Waals surface area (Å²) in [7, 11) is 0. The van der Waals surface area contributed by atoms with Crippen LogP contribution in [0, 0.1) is 17.2 Å². The van der Waals surface area contributed by atoms with Crippen molar-refractivity contribution in [1.82, 2.24) is 15.3 Å². The number of hydrogen-bond donors (Lipinski definition) is 3. The van der Waals surface area contributed by atoms with E-state index in [4.69, 9.17) is 0 Å². The van der Waals surface area contributed by atoms with Gasteiger partial charge in [-0.05, 0) is 37.8 Å². The van der Waals surface area contributed by atoms with Gasteiger partial charge >= 0.3 is 0 Å². The van der Waals surface area contributed by atoms with Crippen LogP contribution in [0.15, 0.2) is 18.3 Å². The lowest BCUT2D eigenvalue weighted by atomic mass is 9.85. The number of pyridine rings is 2. The third-order valence-corrected chi connectivity index (χ3v) is 5.98. The van der Waals surface area contributed by atoms with Crippen LogP contribution in [0.4, 0.5) is 11.6 Å². The first-order valence-corrected chi connectivity index (χ1v) is 10.6. The highest BCUT2D eigenvalue weighted by atomic mass is 16.3. The third kappa shape index (κ3) is 4.75. The second-order valence-electron chi connectivity index (χ2n) is 8.37. The summed E-state index contributed by atoms with van der Waals surface area (Å²) in [6.45, 7) is 2.59. The Labute approximate surface area is 180 Å². The highest BCUT2D eigenvalue weighted by Gasteiger charge is 2.28. The number of nitrogens with one attached hydrogen (secondary N) is 2. The number of nitriles is 1. The molecule has 3 heterocycles. The second kappa shape index (κ2) is 8.86. The molecule has 2 aromatic rings. The maximum absolute atomic E-state index is 12.9. The lowest BCUT2D eigenvalue weighted by molar-refractivity contribution is -0.123. The number of aliphatic hydroxyl groups is 1. The smallest absolute Gasteiger partial charge is 0.228 e. The molecule has 0 aromatic carbocycles. The number of rotatable bonds is 4. The molecule has 0 bridgehead atoms. The Morgan fingerprint density at radius 1 is 1.29 bits per heavy atom. The highest BCUT2D eigenvalue weighted by Crippen LogP contribution is 2.30. The molecule has 162 valence electrons. The maximum Gasteiger partial charge on any atom is 0.228 e. The lowest BCUT2D eigenvalue weighted by Gasteiger charge is -2.28. The lowest BCUT2D eigenvalue weighted by Crippen LogP contribution is -2.40. The largest absolute Gasteiger partial charge is 0.391 e. The molecule has 1 aliphatic carbocycles. The zero-order valence-electron chi connectivity index (χ0n) is 17.5. The van der Waals surface area contributed by atoms with Crippen molar-refractivity contribution in [3.05, 3.63) is 24.0 Å². The van der Waals surface area contributed by atoms with Crippen molar-refractivity contribution in [2.75, 3.05) is 23.3 Å². The number of carbonyl (C=O) groups is 2. The molecule has 2 amide bonds. The van der Waals surface area contributed by atoms with Crippen LogP contribution in [0.5, 0.6) is 0 Å². The van der Waals surface area contributed by atoms with Gasteiger partial charge in [0.15, 0.2) is 0 Å². The number of β-amino-alcohol motifs (C(OH)–C–C–N with tert-alkyl or cyclic N) is 1. The highest BCUT2D eigenvalue weighted by molar-refractivity contribution is 5.98. The van der Waals surface area contributed by atoms with Gasteiger partial charge in [-0.15, -0.1) is 0 Å². The molecule has 2 fully saturated rings. The van der Waals surface area contributed by atoms with Gasteiger partial charge in [0.25, 0.3) is 0 Å². The minimum Gasteiger partial charge on any atom is -0.391 e. The second-order valence-corrected chi connectivity index (χ2v) is 8.37. The van der Waals surface area contributed by atoms with E-state index in [1.165, 1.54) is 6.92 Å². The molecule has 3 atom stereocenters. The summed E-state index contributed by atoms with van der Waals surface area (Å²) in [5.74, 6) is 0.668. The van der Waals surface area contributed by atoms with E-state index in [0.717, 1.165) is 30.0 Å². The number of carbonyl (C=O) groups excluding carboxylic acids is 2. The Hall–Kier alpha value is -3.25. The average molecular weight is 422 g/mol. The molecule has 0 spiro atoms. The fourth-order valence-electron chi connectivity index (χ4n) is 4.50. The van der Waals surface area contributed by atoms with Crippen LogP contribution in [0.1, 0.15) is 44.7 Å². The molecule has 9 nitrogen and oxygen atoms in total. The van der Waals surface area contributed by atoms with E-state index in [-0.39, 0.29) is 29.5 Å². The van der Waals surface area contributed by atoms with Crippen LogP contribution in [-0.2, 0) is 9.59 Å². The normalized spacial score (nSPS) is 23.4. The van der Waals surface area contributed by atoms with E-state index in [2.05, 4.69) is 26.7 Å². The van der Waals surface area contributed by atoms with Gasteiger partial charge in [-0.25, -0.2) is 9.97 Å². The molecular formula is C22H26N6O3. The summed E-state index contributed by atoms with van der Waals surface area (Å²) in [5.41, 5.74) is 0.286. The third-order valence-electron chi connectivity index (χ3n) is 5.98. The zero-order valence-corrected chi connectivity index (χ0v) is 17.5. The van der Waals surface area contributed by atoms with Gasteiger partial charge in [0.2, 0.25) is 11.8 Å². The van der Waals surface area contributed by atoms with Gasteiger partial charge in [0.1, 0.15) is 23.4 Å². The molecular weight excluding hydrogens is 396 g/mol. The van der Waals surface area contributed by atoms with Crippen molar-refractivity contribution < 1.29 is 14.7 Å². The van der Waals surface area contributed by atoms with Crippen LogP contribution in [0.2, 0.25) is 0 Å². The predicted octanol–water partition coefficient (Wildman–Crippen LogP) is 1.71. The molecule has 4 rings (SSSR count). The van der Waals surface area contributed by atoms with E-state index >= 15 is 0 Å². The van der Waals surface area contributed by atoms with Crippen LogP contribution >= 0.6 is 0 Å². The molecule has 1 saturated heterocycles. The summed E-state index contributed by atoms with van der Waals surface area (Å²) < 4.78 is 0. The molecule has 9 heteroatoms. The first-order chi connectivity index (χ1) is 14.9. The number of aromatic nitrogens is 2. The van der Waals surface area contributed by atoms with E-state index in [9.17, 15) is 20.0 Å². The summed E-state index contributed by atoms with van der Waals surface area (Å²) in [6.07, 6.45) is 5.01. The SMILES string of the molecule is CC(=O)N[C@@H]1CCC[C@H](C(=O)Nc2cc3c(N4CC[C@@H](O)C4)nc(C#N)cc3cn2)C1. The van der Waals surface area contributed by atoms with Gasteiger partial charge < -0.3 is 20.6 Å². The Bertz CT molecular complexity index is 1050. The van der Waals surface area contributed by atoms with E-state index in [1.54, 1.807) is 18.3 Å². The number of hydrogen-bond acceptors (Lipinski definition) is 7. The van der Waals surface area contributed by atoms with Crippen LogP contribution in [0.3, 0.4) is 0 Å². The molecule has 0 unspecified atom stereocenters. The van der Waals surface area contributed by atoms with Gasteiger partial charge in [-0.1, -0.05) is 6.42 Å². The van der Waals surface area contributed by atoms with E-state index in [0.29, 0.717) is 37.6 Å². The summed E-state index contributed by atoms with van der Waals surface area (Å²) in [5, 5.41) is 26.6. The first kappa shape index (κ1) is 21.0. The number of nitrogens with zero attached hydrogens (tertiary/aromatic N) is 4. The van der Waals surface area contributed by atoms with Crippen LogP contribution in [-0.4, -0.2) is 52.1 Å². The molecule has 31 heavy (non-hydrogen) atoms. The van der Waals surface area contributed by atoms with Crippen molar-refractivity contribution >= 4 is 34.2 Å². The molecule has 2 aliphatic rings. The fourth-order valence-corrected chi connectivity index (χ4v) is 4.50. The Morgan fingerprint density at radius 2 is 2.13 bits per heavy atom. The van der Waals surface area contributed by atoms with Gasteiger partial charge in [0, 0.05) is 48.9 Å². The Morgan fingerprint density at radius 3 is 2.84 bits per heavy atom. The maximum atomic E-state index is 12.9. The van der Waals surface area contributed by atoms with Gasteiger partial charge in [-0.3, -0.25) is 9.59 Å². The standard InChI is InChI=1S/C22H26N6O3/c1-13(29)25-16-4-2-3-14(7-16)22(31)27-20-9-19-15(11-24-20)8-17(10-23)26-21(19)28-6-5-18(30)12-28/h8-9,11,14,16,18,30H,2-7,12H2,1H3,(H,25,29)(H,24,27,31)/t14-,16+,18+/m0/s1. The quantitative estimate of drug-likeness (QED) is 0.683. The molecule has 2 aromatic heterocycles. The fraction of sp³-hybridized carbons (Fsp3) is 0.500. The van der Waals surface area contributed by atoms with Crippen LogP contribution < -0.4 is 15.5 Å². The minimum absolute atomic E-state index is 0.0216. The van der Waals surface area contributed by atoms with Gasteiger partial charge in [0.05, 0.1) is 6.10 Å². The average Bonchev–Trinajstić information content (AvgIpc) is 3.18. The number of amides is 2. The summed E-state index contributed by atoms with van der Waals surface area (Å²) in [6, 6.07) is 5.54. The van der Waals surface area contributed by atoms with Crippen LogP contribution in [0.25, 0.3) is 10.8 Å². The Kier molecular flexibility index (Phi) is 6.00. The minimum atomic E-state index is -0.425. The van der Waals surface area contributed by atoms with E-state index < -0.39 is 6.10 Å². The number of aliphatic hydroxyl groups excluding tert-OH is 1. The number of anilines is 2. The zero-order chi connectivity index (χ0) is 22.0. The molecule has 1 aliphatic heterocycles. The van der Waals surface area contributed by atoms with Crippen molar-refractivity contribution in [3.63, 3.8) is 0 Å². The van der Waals surface area contributed by atoms with E-state index in [1.807, 2.05) is 4.90 Å². The topological polar surface area (TPSA) is 131 Å². The van der Waals surface area contributed by atoms with Gasteiger partial charge in [-0.2, -0.15) is 5.26 Å². The predicted molar refractivity (Wildman–Crippen MR) is 115 cm³/mol. The van der Waals surface area contributed by atoms with Crippen molar-refractivity contribution in [3.8, 4) is 6.07 Å². The molecule has 0 radical (unpaired) electrons. The number of fused-ring (bicyclic) bond motifs is 1. The van der Waals surface area contributed by atoms with Crippen molar-refractivity contribution in [2.45, 2.75) is 51.2 Å². The van der Waals surface area contributed by atoms with Crippen molar-refractivity contribution in [1.29, 1.82) is 5.26 Å². The first-order valence-electron chi connectivity index (χ1n) is 10.6. The molecule has 1 saturated carbocycles. The monoisotopic (exact) mass is 422 g/mol. The molecule has 3 N–H and O–H groups in total. The summed E-state index contributed by atoms with van der Waals surface area (Å²) >= 11 is 0. The Balaban J connectivity index is 1.56. The summed E-state index contributed by atoms with van der Waals surface area (Å²) in [4.78, 5) is 35.0. The van der Waals surface area contributed by atoms with Crippen molar-refractivity contribution in [2.24, 2.45) is 5.92 Å².